The molecule has 1 saturated heterocycles. The standard InChI is InChI=1S/C22H27NO3/c1-22(2,3)19-8-4-17(5-9-19)18-6-10-20(11-7-18)26-16-21(24)23-12-14-25-15-13-23/h4-11H,12-16H2,1-3H3. The number of ether oxygens (including phenoxy) is 2. The minimum absolute atomic E-state index is 0.00939. The lowest BCUT2D eigenvalue weighted by Gasteiger charge is -2.26. The summed E-state index contributed by atoms with van der Waals surface area (Å²) >= 11 is 0. The SMILES string of the molecule is CC(C)(C)c1ccc(-c2ccc(OCC(=O)N3CCOCC3)cc2)cc1. The van der Waals surface area contributed by atoms with Gasteiger partial charge in [0.1, 0.15) is 5.75 Å². The van der Waals surface area contributed by atoms with E-state index >= 15 is 0 Å². The van der Waals surface area contributed by atoms with E-state index in [1.807, 2.05) is 24.3 Å². The largest absolute Gasteiger partial charge is 0.484 e. The molecule has 1 heterocycles. The van der Waals surface area contributed by atoms with Gasteiger partial charge in [-0.2, -0.15) is 0 Å². The van der Waals surface area contributed by atoms with Crippen LogP contribution in [0.4, 0.5) is 0 Å². The summed E-state index contributed by atoms with van der Waals surface area (Å²) in [5.74, 6) is 0.719. The summed E-state index contributed by atoms with van der Waals surface area (Å²) in [4.78, 5) is 13.9. The van der Waals surface area contributed by atoms with E-state index in [4.69, 9.17) is 9.47 Å². The normalized spacial score (nSPS) is 15.0. The van der Waals surface area contributed by atoms with Crippen LogP contribution in [0.2, 0.25) is 0 Å². The quantitative estimate of drug-likeness (QED) is 0.837. The van der Waals surface area contributed by atoms with E-state index in [0.717, 1.165) is 5.56 Å². The van der Waals surface area contributed by atoms with Crippen LogP contribution in [0.25, 0.3) is 11.1 Å². The van der Waals surface area contributed by atoms with Gasteiger partial charge in [0, 0.05) is 13.1 Å². The van der Waals surface area contributed by atoms with Crippen molar-refractivity contribution in [2.24, 2.45) is 0 Å². The monoisotopic (exact) mass is 353 g/mol. The molecule has 2 aromatic rings. The first-order valence-electron chi connectivity index (χ1n) is 9.13. The minimum Gasteiger partial charge on any atom is -0.484 e. The van der Waals surface area contributed by atoms with Crippen LogP contribution in [0.3, 0.4) is 0 Å². The average molecular weight is 353 g/mol. The van der Waals surface area contributed by atoms with Crippen molar-refractivity contribution in [2.75, 3.05) is 32.9 Å². The predicted molar refractivity (Wildman–Crippen MR) is 103 cm³/mol. The van der Waals surface area contributed by atoms with Crippen LogP contribution in [-0.4, -0.2) is 43.7 Å². The van der Waals surface area contributed by atoms with Crippen LogP contribution < -0.4 is 4.74 Å². The lowest BCUT2D eigenvalue weighted by molar-refractivity contribution is -0.137. The maximum atomic E-state index is 12.1. The van der Waals surface area contributed by atoms with E-state index < -0.39 is 0 Å². The molecule has 4 heteroatoms. The Balaban J connectivity index is 1.58. The Labute approximate surface area is 155 Å². The topological polar surface area (TPSA) is 38.8 Å². The highest BCUT2D eigenvalue weighted by molar-refractivity contribution is 5.78. The van der Waals surface area contributed by atoms with E-state index in [-0.39, 0.29) is 17.9 Å². The number of nitrogens with zero attached hydrogens (tertiary/aromatic N) is 1. The Hall–Kier alpha value is -2.33. The molecule has 0 saturated carbocycles. The smallest absolute Gasteiger partial charge is 0.260 e. The zero-order valence-corrected chi connectivity index (χ0v) is 15.8. The summed E-state index contributed by atoms with van der Waals surface area (Å²) in [6.07, 6.45) is 0. The summed E-state index contributed by atoms with van der Waals surface area (Å²) in [5, 5.41) is 0. The van der Waals surface area contributed by atoms with Crippen molar-refractivity contribution in [1.82, 2.24) is 4.90 Å². The first kappa shape index (κ1) is 18.5. The van der Waals surface area contributed by atoms with Gasteiger partial charge in [0.2, 0.25) is 0 Å². The van der Waals surface area contributed by atoms with Crippen molar-refractivity contribution in [3.63, 3.8) is 0 Å². The van der Waals surface area contributed by atoms with E-state index in [2.05, 4.69) is 45.0 Å². The molecule has 1 aliphatic rings. The van der Waals surface area contributed by atoms with Crippen LogP contribution >= 0.6 is 0 Å². The fraction of sp³-hybridized carbons (Fsp3) is 0.409. The highest BCUT2D eigenvalue weighted by Crippen LogP contribution is 2.27. The van der Waals surface area contributed by atoms with Crippen LogP contribution in [0.5, 0.6) is 5.75 Å². The Bertz CT molecular complexity index is 723. The molecule has 0 bridgehead atoms. The molecule has 1 fully saturated rings. The molecule has 4 nitrogen and oxygen atoms in total. The highest BCUT2D eigenvalue weighted by Gasteiger charge is 2.17. The highest BCUT2D eigenvalue weighted by atomic mass is 16.5. The van der Waals surface area contributed by atoms with E-state index in [1.165, 1.54) is 11.1 Å². The molecule has 1 amide bonds. The van der Waals surface area contributed by atoms with Gasteiger partial charge in [0.15, 0.2) is 6.61 Å². The summed E-state index contributed by atoms with van der Waals surface area (Å²) < 4.78 is 10.9. The average Bonchev–Trinajstić information content (AvgIpc) is 2.66. The Morgan fingerprint density at radius 1 is 0.962 bits per heavy atom. The van der Waals surface area contributed by atoms with Gasteiger partial charge >= 0.3 is 0 Å². The Morgan fingerprint density at radius 2 is 1.50 bits per heavy atom. The second kappa shape index (κ2) is 7.92. The molecule has 2 aromatic carbocycles. The number of benzene rings is 2. The van der Waals surface area contributed by atoms with Crippen molar-refractivity contribution >= 4 is 5.91 Å². The molecule has 138 valence electrons. The van der Waals surface area contributed by atoms with Gasteiger partial charge in [-0.3, -0.25) is 4.79 Å². The number of rotatable bonds is 4. The van der Waals surface area contributed by atoms with Gasteiger partial charge in [-0.15, -0.1) is 0 Å². The Kier molecular flexibility index (Phi) is 5.62. The number of carbonyl (C=O) groups excluding carboxylic acids is 1. The van der Waals surface area contributed by atoms with Gasteiger partial charge in [-0.25, -0.2) is 0 Å². The van der Waals surface area contributed by atoms with Crippen LogP contribution in [0.1, 0.15) is 26.3 Å². The second-order valence-electron chi connectivity index (χ2n) is 7.63. The van der Waals surface area contributed by atoms with Crippen LogP contribution in [-0.2, 0) is 14.9 Å². The zero-order chi connectivity index (χ0) is 18.6. The molecular formula is C22H27NO3. The third-order valence-electron chi connectivity index (χ3n) is 4.66. The molecule has 0 N–H and O–H groups in total. The summed E-state index contributed by atoms with van der Waals surface area (Å²) in [6, 6.07) is 16.6. The van der Waals surface area contributed by atoms with Gasteiger partial charge in [0.25, 0.3) is 5.91 Å². The summed E-state index contributed by atoms with van der Waals surface area (Å²) in [5.41, 5.74) is 3.79. The first-order valence-corrected chi connectivity index (χ1v) is 9.13. The van der Waals surface area contributed by atoms with E-state index in [9.17, 15) is 4.79 Å². The van der Waals surface area contributed by atoms with Gasteiger partial charge in [-0.05, 0) is 34.2 Å². The first-order chi connectivity index (χ1) is 12.4. The van der Waals surface area contributed by atoms with Gasteiger partial charge in [0.05, 0.1) is 13.2 Å². The fourth-order valence-electron chi connectivity index (χ4n) is 2.96. The second-order valence-corrected chi connectivity index (χ2v) is 7.63. The van der Waals surface area contributed by atoms with Crippen molar-refractivity contribution in [1.29, 1.82) is 0 Å². The third-order valence-corrected chi connectivity index (χ3v) is 4.66. The minimum atomic E-state index is 0.00939. The summed E-state index contributed by atoms with van der Waals surface area (Å²) in [7, 11) is 0. The van der Waals surface area contributed by atoms with E-state index in [0.29, 0.717) is 32.1 Å². The molecule has 0 unspecified atom stereocenters. The number of amides is 1. The number of morpholine rings is 1. The maximum absolute atomic E-state index is 12.1. The fourth-order valence-corrected chi connectivity index (χ4v) is 2.96. The predicted octanol–water partition coefficient (Wildman–Crippen LogP) is 3.89. The molecular weight excluding hydrogens is 326 g/mol. The lowest BCUT2D eigenvalue weighted by Crippen LogP contribution is -2.42. The number of hydrogen-bond acceptors (Lipinski definition) is 3. The molecule has 0 atom stereocenters. The number of hydrogen-bond donors (Lipinski definition) is 0. The van der Waals surface area contributed by atoms with Crippen molar-refractivity contribution in [2.45, 2.75) is 26.2 Å². The summed E-state index contributed by atoms with van der Waals surface area (Å²) in [6.45, 7) is 9.21. The molecule has 1 aliphatic heterocycles. The molecule has 0 aliphatic carbocycles. The third kappa shape index (κ3) is 4.64. The van der Waals surface area contributed by atoms with Crippen molar-refractivity contribution in [3.8, 4) is 16.9 Å². The molecule has 0 radical (unpaired) electrons. The van der Waals surface area contributed by atoms with Crippen molar-refractivity contribution < 1.29 is 14.3 Å². The van der Waals surface area contributed by atoms with Gasteiger partial charge < -0.3 is 14.4 Å². The lowest BCUT2D eigenvalue weighted by atomic mass is 9.86. The van der Waals surface area contributed by atoms with E-state index in [1.54, 1.807) is 4.90 Å². The molecule has 0 aromatic heterocycles. The van der Waals surface area contributed by atoms with Gasteiger partial charge in [-0.1, -0.05) is 57.2 Å². The maximum Gasteiger partial charge on any atom is 0.260 e. The molecule has 26 heavy (non-hydrogen) atoms. The molecule has 0 spiro atoms. The van der Waals surface area contributed by atoms with Crippen molar-refractivity contribution in [3.05, 3.63) is 54.1 Å². The van der Waals surface area contributed by atoms with Crippen LogP contribution in [0, 0.1) is 0 Å². The van der Waals surface area contributed by atoms with Crippen LogP contribution in [0.15, 0.2) is 48.5 Å². The number of carbonyl (C=O) groups is 1. The Morgan fingerprint density at radius 3 is 2.04 bits per heavy atom. The zero-order valence-electron chi connectivity index (χ0n) is 15.8. The molecule has 3 rings (SSSR count).